The third kappa shape index (κ3) is 3.47. The monoisotopic (exact) mass is 328 g/mol. The normalized spacial score (nSPS) is 22.9. The van der Waals surface area contributed by atoms with E-state index in [1.807, 2.05) is 6.92 Å². The third-order valence-corrected chi connectivity index (χ3v) is 5.99. The van der Waals surface area contributed by atoms with Gasteiger partial charge in [-0.15, -0.1) is 21.5 Å². The number of piperazine rings is 1. The van der Waals surface area contributed by atoms with Gasteiger partial charge in [0.25, 0.3) is 0 Å². The number of hydrogen-bond acceptors (Lipinski definition) is 5. The molecule has 0 radical (unpaired) electrons. The van der Waals surface area contributed by atoms with E-state index in [9.17, 15) is 0 Å². The molecule has 1 aromatic carbocycles. The second-order valence-corrected chi connectivity index (χ2v) is 7.96. The van der Waals surface area contributed by atoms with Gasteiger partial charge in [0.05, 0.1) is 6.54 Å². The van der Waals surface area contributed by atoms with Gasteiger partial charge < -0.3 is 0 Å². The molecule has 0 bridgehead atoms. The van der Waals surface area contributed by atoms with Crippen LogP contribution < -0.4 is 0 Å². The third-order valence-electron chi connectivity index (χ3n) is 5.17. The second kappa shape index (κ2) is 6.67. The van der Waals surface area contributed by atoms with Crippen LogP contribution in [0.25, 0.3) is 0 Å². The maximum absolute atomic E-state index is 4.26. The van der Waals surface area contributed by atoms with E-state index >= 15 is 0 Å². The van der Waals surface area contributed by atoms with E-state index in [1.165, 1.54) is 32.4 Å². The number of hydrogen-bond donors (Lipinski definition) is 0. The molecule has 0 N–H and O–H groups in total. The van der Waals surface area contributed by atoms with Crippen molar-refractivity contribution < 1.29 is 0 Å². The van der Waals surface area contributed by atoms with Crippen molar-refractivity contribution in [3.63, 3.8) is 0 Å². The molecule has 1 atom stereocenters. The Hall–Kier alpha value is -1.30. The van der Waals surface area contributed by atoms with E-state index in [0.717, 1.165) is 35.7 Å². The SMILES string of the molecule is Cc1nnc(CN2CCN([C@@H]3CCc4ccccc4C3)CC2)s1. The van der Waals surface area contributed by atoms with E-state index in [1.54, 1.807) is 22.5 Å². The molecule has 1 aromatic heterocycles. The molecule has 0 amide bonds. The average molecular weight is 328 g/mol. The number of fused-ring (bicyclic) bond motifs is 1. The molecule has 5 heteroatoms. The fourth-order valence-corrected chi connectivity index (χ4v) is 4.62. The van der Waals surface area contributed by atoms with Crippen molar-refractivity contribution in [1.82, 2.24) is 20.0 Å². The van der Waals surface area contributed by atoms with Crippen LogP contribution in [0.3, 0.4) is 0 Å². The summed E-state index contributed by atoms with van der Waals surface area (Å²) in [5.74, 6) is 0. The van der Waals surface area contributed by atoms with Crippen molar-refractivity contribution in [2.24, 2.45) is 0 Å². The highest BCUT2D eigenvalue weighted by Crippen LogP contribution is 2.25. The Bertz CT molecular complexity index is 661. The van der Waals surface area contributed by atoms with Crippen LogP contribution in [0, 0.1) is 6.92 Å². The minimum atomic E-state index is 0.732. The van der Waals surface area contributed by atoms with Gasteiger partial charge in [-0.2, -0.15) is 0 Å². The molecule has 2 heterocycles. The maximum atomic E-state index is 4.26. The van der Waals surface area contributed by atoms with E-state index in [0.29, 0.717) is 0 Å². The zero-order chi connectivity index (χ0) is 15.6. The van der Waals surface area contributed by atoms with Gasteiger partial charge in [-0.05, 0) is 37.3 Å². The minimum Gasteiger partial charge on any atom is -0.298 e. The van der Waals surface area contributed by atoms with E-state index in [-0.39, 0.29) is 0 Å². The van der Waals surface area contributed by atoms with E-state index < -0.39 is 0 Å². The van der Waals surface area contributed by atoms with Gasteiger partial charge >= 0.3 is 0 Å². The van der Waals surface area contributed by atoms with Crippen molar-refractivity contribution >= 4 is 11.3 Å². The number of benzene rings is 1. The molecule has 0 saturated carbocycles. The molecule has 4 rings (SSSR count). The van der Waals surface area contributed by atoms with Crippen LogP contribution in [0.2, 0.25) is 0 Å². The molecule has 1 saturated heterocycles. The molecule has 0 unspecified atom stereocenters. The van der Waals surface area contributed by atoms with Crippen LogP contribution in [0.4, 0.5) is 0 Å². The van der Waals surface area contributed by atoms with Crippen LogP contribution in [0.15, 0.2) is 24.3 Å². The summed E-state index contributed by atoms with van der Waals surface area (Å²) >= 11 is 1.73. The second-order valence-electron chi connectivity index (χ2n) is 6.69. The predicted octanol–water partition coefficient (Wildman–Crippen LogP) is 2.52. The molecule has 2 aliphatic rings. The largest absolute Gasteiger partial charge is 0.298 e. The van der Waals surface area contributed by atoms with Crippen molar-refractivity contribution in [2.45, 2.75) is 38.8 Å². The topological polar surface area (TPSA) is 32.3 Å². The fourth-order valence-electron chi connectivity index (χ4n) is 3.87. The molecule has 0 spiro atoms. The Balaban J connectivity index is 1.32. The first kappa shape index (κ1) is 15.2. The quantitative estimate of drug-likeness (QED) is 0.867. The summed E-state index contributed by atoms with van der Waals surface area (Å²) < 4.78 is 0. The standard InChI is InChI=1S/C18H24N4S/c1-14-19-20-18(23-14)13-21-8-10-22(11-9-21)17-7-6-15-4-2-3-5-16(15)12-17/h2-5,17H,6-13H2,1H3/t17-/m1/s1. The maximum Gasteiger partial charge on any atom is 0.131 e. The number of rotatable bonds is 3. The van der Waals surface area contributed by atoms with Crippen molar-refractivity contribution in [1.29, 1.82) is 0 Å². The number of aryl methyl sites for hydroxylation is 2. The van der Waals surface area contributed by atoms with Crippen molar-refractivity contribution in [3.05, 3.63) is 45.4 Å². The van der Waals surface area contributed by atoms with Gasteiger partial charge in [0.2, 0.25) is 0 Å². The lowest BCUT2D eigenvalue weighted by atomic mass is 9.87. The highest BCUT2D eigenvalue weighted by Gasteiger charge is 2.27. The van der Waals surface area contributed by atoms with Crippen LogP contribution in [-0.4, -0.2) is 52.2 Å². The number of nitrogens with zero attached hydrogens (tertiary/aromatic N) is 4. The summed E-state index contributed by atoms with van der Waals surface area (Å²) in [5.41, 5.74) is 3.13. The Morgan fingerprint density at radius 2 is 1.87 bits per heavy atom. The van der Waals surface area contributed by atoms with Crippen molar-refractivity contribution in [2.75, 3.05) is 26.2 Å². The molecule has 1 aliphatic carbocycles. The van der Waals surface area contributed by atoms with E-state index in [2.05, 4.69) is 44.3 Å². The molecule has 4 nitrogen and oxygen atoms in total. The molecule has 2 aromatic rings. The molecular formula is C18H24N4S. The Kier molecular flexibility index (Phi) is 4.42. The van der Waals surface area contributed by atoms with Gasteiger partial charge in [-0.1, -0.05) is 24.3 Å². The minimum absolute atomic E-state index is 0.732. The van der Waals surface area contributed by atoms with Gasteiger partial charge in [0.15, 0.2) is 0 Å². The van der Waals surface area contributed by atoms with Gasteiger partial charge in [0.1, 0.15) is 10.0 Å². The Morgan fingerprint density at radius 1 is 1.09 bits per heavy atom. The average Bonchev–Trinajstić information content (AvgIpc) is 3.00. The van der Waals surface area contributed by atoms with Crippen LogP contribution >= 0.6 is 11.3 Å². The van der Waals surface area contributed by atoms with Crippen LogP contribution in [0.1, 0.15) is 27.6 Å². The van der Waals surface area contributed by atoms with Gasteiger partial charge in [-0.3, -0.25) is 9.80 Å². The lowest BCUT2D eigenvalue weighted by molar-refractivity contribution is 0.0855. The van der Waals surface area contributed by atoms with Crippen molar-refractivity contribution in [3.8, 4) is 0 Å². The Labute approximate surface area is 142 Å². The molecular weight excluding hydrogens is 304 g/mol. The lowest BCUT2D eigenvalue weighted by Crippen LogP contribution is -2.51. The highest BCUT2D eigenvalue weighted by molar-refractivity contribution is 7.11. The summed E-state index contributed by atoms with van der Waals surface area (Å²) in [6.07, 6.45) is 3.78. The summed E-state index contributed by atoms with van der Waals surface area (Å²) in [7, 11) is 0. The Morgan fingerprint density at radius 3 is 2.61 bits per heavy atom. The van der Waals surface area contributed by atoms with Crippen LogP contribution in [0.5, 0.6) is 0 Å². The smallest absolute Gasteiger partial charge is 0.131 e. The first-order valence-electron chi connectivity index (χ1n) is 8.60. The summed E-state index contributed by atoms with van der Waals surface area (Å²) in [4.78, 5) is 5.23. The van der Waals surface area contributed by atoms with E-state index in [4.69, 9.17) is 0 Å². The zero-order valence-corrected chi connectivity index (χ0v) is 14.6. The highest BCUT2D eigenvalue weighted by atomic mass is 32.1. The first-order valence-corrected chi connectivity index (χ1v) is 9.42. The van der Waals surface area contributed by atoms with Gasteiger partial charge in [0, 0.05) is 32.2 Å². The fraction of sp³-hybridized carbons (Fsp3) is 0.556. The molecule has 23 heavy (non-hydrogen) atoms. The molecule has 1 aliphatic heterocycles. The zero-order valence-electron chi connectivity index (χ0n) is 13.7. The predicted molar refractivity (Wildman–Crippen MR) is 93.8 cm³/mol. The summed E-state index contributed by atoms with van der Waals surface area (Å²) in [6, 6.07) is 9.70. The molecule has 122 valence electrons. The van der Waals surface area contributed by atoms with Gasteiger partial charge in [-0.25, -0.2) is 0 Å². The summed E-state index contributed by atoms with van der Waals surface area (Å²) in [5, 5.41) is 10.6. The molecule has 1 fully saturated rings. The first-order chi connectivity index (χ1) is 11.3. The van der Waals surface area contributed by atoms with Crippen LogP contribution in [-0.2, 0) is 19.4 Å². The summed E-state index contributed by atoms with van der Waals surface area (Å²) in [6.45, 7) is 7.66. The number of aromatic nitrogens is 2. The lowest BCUT2D eigenvalue weighted by Gasteiger charge is -2.40.